The van der Waals surface area contributed by atoms with Gasteiger partial charge in [0.25, 0.3) is 11.8 Å². The number of carbonyl (C=O) groups excluding carboxylic acids is 6. The average Bonchev–Trinajstić information content (AvgIpc) is 3.56. The summed E-state index contributed by atoms with van der Waals surface area (Å²) in [7, 11) is -1.19. The Morgan fingerprint density at radius 3 is 1.65 bits per heavy atom. The molecule has 23 heteroatoms. The molecule has 2 saturated heterocycles. The number of amides is 6. The zero-order valence-corrected chi connectivity index (χ0v) is 56.8. The fourth-order valence-electron chi connectivity index (χ4n) is 9.62. The number of nitrogen functional groups attached to an aromatic ring is 1. The fourth-order valence-corrected chi connectivity index (χ4v) is 11.7. The van der Waals surface area contributed by atoms with Gasteiger partial charge in [-0.2, -0.15) is 0 Å². The van der Waals surface area contributed by atoms with Crippen molar-refractivity contribution < 1.29 is 66.0 Å². The average molecular weight is 1270 g/mol. The van der Waals surface area contributed by atoms with Gasteiger partial charge in [0.05, 0.1) is 56.3 Å². The van der Waals surface area contributed by atoms with Crippen LogP contribution >= 0.6 is 0 Å². The summed E-state index contributed by atoms with van der Waals surface area (Å²) < 4.78 is 48.1. The summed E-state index contributed by atoms with van der Waals surface area (Å²) in [5, 5.41) is 10.7. The van der Waals surface area contributed by atoms with Crippen LogP contribution in [0.25, 0.3) is 0 Å². The lowest BCUT2D eigenvalue weighted by molar-refractivity contribution is -0.128. The Hall–Kier alpha value is -7.61. The predicted octanol–water partition coefficient (Wildman–Crippen LogP) is 11.8. The predicted molar refractivity (Wildman–Crippen MR) is 350 cm³/mol. The molecule has 4 aromatic rings. The Labute approximate surface area is 527 Å². The van der Waals surface area contributed by atoms with Crippen molar-refractivity contribution in [1.29, 1.82) is 0 Å². The number of nitrogens with one attached hydrogen (secondary N) is 4. The van der Waals surface area contributed by atoms with Gasteiger partial charge in [0.2, 0.25) is 11.8 Å². The maximum atomic E-state index is 14.8. The van der Waals surface area contributed by atoms with Crippen LogP contribution in [0.1, 0.15) is 125 Å². The minimum absolute atomic E-state index is 0.0276. The molecule has 2 fully saturated rings. The quantitative estimate of drug-likeness (QED) is 0.0211. The molecule has 486 valence electrons. The lowest BCUT2D eigenvalue weighted by Crippen LogP contribution is -2.53. The van der Waals surface area contributed by atoms with E-state index in [-0.39, 0.29) is 94.8 Å². The van der Waals surface area contributed by atoms with E-state index in [4.69, 9.17) is 43.0 Å². The third kappa shape index (κ3) is 19.0. The van der Waals surface area contributed by atoms with Crippen molar-refractivity contribution in [2.24, 2.45) is 5.92 Å². The van der Waals surface area contributed by atoms with Gasteiger partial charge in [-0.3, -0.25) is 24.5 Å². The van der Waals surface area contributed by atoms with E-state index in [0.29, 0.717) is 54.6 Å². The maximum absolute atomic E-state index is 14.8. The van der Waals surface area contributed by atoms with Gasteiger partial charge in [-0.1, -0.05) is 98.4 Å². The van der Waals surface area contributed by atoms with Gasteiger partial charge in [0.1, 0.15) is 38.5 Å². The summed E-state index contributed by atoms with van der Waals surface area (Å²) in [6.45, 7) is 32.4. The first-order valence-electron chi connectivity index (χ1n) is 30.5. The number of carbonyl (C=O) groups is 6. The molecular weight excluding hydrogens is 1170 g/mol. The van der Waals surface area contributed by atoms with Crippen molar-refractivity contribution in [3.05, 3.63) is 113 Å². The molecule has 6 amide bonds. The van der Waals surface area contributed by atoms with E-state index < -0.39 is 52.7 Å². The van der Waals surface area contributed by atoms with Gasteiger partial charge in [0.15, 0.2) is 39.6 Å². The van der Waals surface area contributed by atoms with Gasteiger partial charge < -0.3 is 68.8 Å². The van der Waals surface area contributed by atoms with Crippen LogP contribution in [0.2, 0.25) is 36.3 Å². The lowest BCUT2D eigenvalue weighted by Gasteiger charge is -2.38. The number of benzene rings is 4. The summed E-state index contributed by atoms with van der Waals surface area (Å²) in [6.07, 6.45) is 3.02. The van der Waals surface area contributed by atoms with Crippen LogP contribution < -0.4 is 45.9 Å². The Morgan fingerprint density at radius 1 is 0.629 bits per heavy atom. The van der Waals surface area contributed by atoms with Crippen LogP contribution in [-0.4, -0.2) is 134 Å². The fraction of sp³-hybridized carbons (Fsp3) is 0.515. The van der Waals surface area contributed by atoms with Gasteiger partial charge in [0, 0.05) is 36.6 Å². The molecule has 6 N–H and O–H groups in total. The van der Waals surface area contributed by atoms with Gasteiger partial charge in [-0.25, -0.2) is 9.59 Å². The van der Waals surface area contributed by atoms with Crippen molar-refractivity contribution in [1.82, 2.24) is 20.4 Å². The molecule has 4 atom stereocenters. The number of methoxy groups -OCH3 is 2. The summed E-state index contributed by atoms with van der Waals surface area (Å²) >= 11 is 0. The number of ether oxygens (including phenoxy) is 6. The second kappa shape index (κ2) is 30.7. The van der Waals surface area contributed by atoms with Crippen molar-refractivity contribution >= 4 is 69.5 Å². The number of alkyl carbamates (subject to hydrolysis) is 1. The number of rotatable bonds is 27. The first-order valence-corrected chi connectivity index (χ1v) is 36.3. The SMILES string of the molecule is C=CCOC(=O)N[C@H](C(=O)N[C@@H](C)C(=O)Nc1ccc(COC(=O)Nc2cc(OCc3cccc(COc4cc(N)c(C(=O)N5CCC[C@H]5CO[Si](C)(C)C(C)(C)C)cc4OC)c3)c(OC)cc2C(=O)N2CCC[C@H]2CO[Si](C)(C)C(C)(C)C)cc1)C(C)C. The zero-order chi connectivity index (χ0) is 65.6. The van der Waals surface area contributed by atoms with Crippen LogP contribution in [0.5, 0.6) is 23.0 Å². The summed E-state index contributed by atoms with van der Waals surface area (Å²) in [5.41, 5.74) is 10.1. The van der Waals surface area contributed by atoms with Crippen LogP contribution in [-0.2, 0) is 47.7 Å². The molecule has 89 heavy (non-hydrogen) atoms. The molecular formula is C66H95N7O14Si2. The molecule has 0 aliphatic carbocycles. The van der Waals surface area contributed by atoms with Crippen molar-refractivity contribution in [3.8, 4) is 23.0 Å². The molecule has 0 unspecified atom stereocenters. The highest BCUT2D eigenvalue weighted by Gasteiger charge is 2.42. The first kappa shape index (κ1) is 70.5. The largest absolute Gasteiger partial charge is 0.493 e. The highest BCUT2D eigenvalue weighted by Crippen LogP contribution is 2.41. The molecule has 4 aromatic carbocycles. The zero-order valence-electron chi connectivity index (χ0n) is 54.8. The van der Waals surface area contributed by atoms with E-state index in [2.05, 4.69) is 95.6 Å². The molecule has 0 saturated carbocycles. The molecule has 6 rings (SSSR count). The number of hydrogen-bond acceptors (Lipinski definition) is 15. The molecule has 0 aromatic heterocycles. The molecule has 2 heterocycles. The summed E-state index contributed by atoms with van der Waals surface area (Å²) in [6, 6.07) is 18.4. The van der Waals surface area contributed by atoms with Crippen molar-refractivity contribution in [3.63, 3.8) is 0 Å². The molecule has 21 nitrogen and oxygen atoms in total. The minimum atomic E-state index is -2.16. The van der Waals surface area contributed by atoms with Gasteiger partial charge >= 0.3 is 12.2 Å². The summed E-state index contributed by atoms with van der Waals surface area (Å²) in [5.74, 6) is -0.642. The van der Waals surface area contributed by atoms with Gasteiger partial charge in [-0.15, -0.1) is 0 Å². The topological polar surface area (TPSA) is 257 Å². The lowest BCUT2D eigenvalue weighted by atomic mass is 10.0. The summed E-state index contributed by atoms with van der Waals surface area (Å²) in [4.78, 5) is 84.7. The van der Waals surface area contributed by atoms with Crippen LogP contribution in [0, 0.1) is 5.92 Å². The minimum Gasteiger partial charge on any atom is -0.493 e. The Balaban J connectivity index is 1.14. The number of nitrogens with two attached hydrogens (primary N) is 1. The van der Waals surface area contributed by atoms with E-state index in [1.807, 2.05) is 29.2 Å². The molecule has 2 aliphatic rings. The number of nitrogens with zero attached hydrogens (tertiary/aromatic N) is 2. The molecule has 0 bridgehead atoms. The van der Waals surface area contributed by atoms with Crippen LogP contribution in [0.3, 0.4) is 0 Å². The number of anilines is 3. The van der Waals surface area contributed by atoms with E-state index in [9.17, 15) is 28.8 Å². The van der Waals surface area contributed by atoms with E-state index in [1.165, 1.54) is 27.2 Å². The Kier molecular flexibility index (Phi) is 24.3. The Bertz CT molecular complexity index is 3140. The molecule has 0 radical (unpaired) electrons. The van der Waals surface area contributed by atoms with Crippen LogP contribution in [0.15, 0.2) is 85.5 Å². The van der Waals surface area contributed by atoms with E-state index in [0.717, 1.165) is 36.8 Å². The highest BCUT2D eigenvalue weighted by atomic mass is 28.4. The van der Waals surface area contributed by atoms with Gasteiger partial charge in [-0.05, 0) is 122 Å². The monoisotopic (exact) mass is 1270 g/mol. The third-order valence-corrected chi connectivity index (χ3v) is 26.2. The van der Waals surface area contributed by atoms with E-state index >= 15 is 0 Å². The second-order valence-electron chi connectivity index (χ2n) is 26.1. The molecule has 2 aliphatic heterocycles. The molecule has 0 spiro atoms. The number of likely N-dealkylation sites (tertiary alicyclic amines) is 2. The van der Waals surface area contributed by atoms with Crippen molar-refractivity contribution in [2.75, 3.05) is 63.5 Å². The van der Waals surface area contributed by atoms with Crippen molar-refractivity contribution in [2.45, 2.75) is 168 Å². The Morgan fingerprint density at radius 2 is 1.15 bits per heavy atom. The normalized spacial score (nSPS) is 16.0. The van der Waals surface area contributed by atoms with Crippen LogP contribution in [0.4, 0.5) is 26.7 Å². The smallest absolute Gasteiger partial charge is 0.411 e. The number of hydrogen-bond donors (Lipinski definition) is 5. The standard InChI is InChI=1S/C66H95N7O14Si2/c1-17-31-82-64(79)71-58(42(2)3)60(75)68-43(4)59(74)69-47-27-25-44(26-28-47)37-85-63(78)70-53-36-57(55(81-12)34-51(53)62(77)73-30-20-24-49(73)41-87-89(15,16)66(8,9)10)84-39-46-22-18-21-45(32-46)38-83-56-35-52(67)50(33-54(56)80-11)61(76)72-29-19-23-48(72)40-86-88(13,14)65(5,6)7/h17-18,21-22,25-28,32-36,42-43,48-49,58H,1,19-20,23-24,29-31,37-41,67H2,2-16H3,(H,68,75)(H,69,74)(H,70,78)(H,71,79)/t43-,48-,49-,58-/m0/s1. The van der Waals surface area contributed by atoms with E-state index in [1.54, 1.807) is 67.3 Å². The highest BCUT2D eigenvalue weighted by molar-refractivity contribution is 6.74. The third-order valence-electron chi connectivity index (χ3n) is 17.2. The maximum Gasteiger partial charge on any atom is 0.411 e. The first-order chi connectivity index (χ1) is 41.9. The second-order valence-corrected chi connectivity index (χ2v) is 35.8.